The van der Waals surface area contributed by atoms with Gasteiger partial charge in [-0.15, -0.1) is 0 Å². The van der Waals surface area contributed by atoms with E-state index in [4.69, 9.17) is 9.26 Å². The Hall–Kier alpha value is -2.73. The van der Waals surface area contributed by atoms with Crippen molar-refractivity contribution >= 4 is 17.0 Å². The lowest BCUT2D eigenvalue weighted by atomic mass is 10.0. The Balaban J connectivity index is 1.75. The largest absolute Gasteiger partial charge is 0.381 e. The number of amides is 1. The topological polar surface area (TPSA) is 77.2 Å². The minimum Gasteiger partial charge on any atom is -0.381 e. The zero-order valence-corrected chi connectivity index (χ0v) is 14.0. The zero-order chi connectivity index (χ0) is 17.2. The highest BCUT2D eigenvalue weighted by atomic mass is 16.5. The Bertz CT molecular complexity index is 899. The molecule has 128 valence electrons. The second-order valence-corrected chi connectivity index (χ2v) is 6.23. The first-order valence-corrected chi connectivity index (χ1v) is 8.43. The number of aryl methyl sites for hydroxylation is 1. The van der Waals surface area contributed by atoms with E-state index < -0.39 is 0 Å². The monoisotopic (exact) mass is 337 g/mol. The molecule has 0 aliphatic carbocycles. The van der Waals surface area contributed by atoms with Crippen LogP contribution in [0, 0.1) is 6.92 Å². The second-order valence-electron chi connectivity index (χ2n) is 6.23. The number of carbonyl (C=O) groups is 1. The maximum atomic E-state index is 12.9. The highest BCUT2D eigenvalue weighted by Crippen LogP contribution is 2.27. The molecule has 1 amide bonds. The average Bonchev–Trinajstić information content (AvgIpc) is 3.03. The van der Waals surface area contributed by atoms with Gasteiger partial charge in [0, 0.05) is 24.8 Å². The van der Waals surface area contributed by atoms with Crippen molar-refractivity contribution in [1.82, 2.24) is 15.5 Å². The molecule has 6 nitrogen and oxygen atoms in total. The van der Waals surface area contributed by atoms with E-state index >= 15 is 0 Å². The molecule has 1 aliphatic heterocycles. The number of pyridine rings is 1. The van der Waals surface area contributed by atoms with Crippen molar-refractivity contribution in [2.45, 2.75) is 25.8 Å². The van der Waals surface area contributed by atoms with Crippen molar-refractivity contribution in [3.8, 4) is 11.3 Å². The van der Waals surface area contributed by atoms with Crippen LogP contribution in [0.4, 0.5) is 0 Å². The van der Waals surface area contributed by atoms with Gasteiger partial charge in [0.15, 0.2) is 0 Å². The van der Waals surface area contributed by atoms with Crippen molar-refractivity contribution in [2.75, 3.05) is 13.2 Å². The van der Waals surface area contributed by atoms with E-state index in [9.17, 15) is 4.79 Å². The molecule has 4 rings (SSSR count). The molecule has 1 N–H and O–H groups in total. The van der Waals surface area contributed by atoms with E-state index in [-0.39, 0.29) is 11.9 Å². The highest BCUT2D eigenvalue weighted by Gasteiger charge is 2.22. The molecule has 0 radical (unpaired) electrons. The summed E-state index contributed by atoms with van der Waals surface area (Å²) in [6.07, 6.45) is 1.66. The van der Waals surface area contributed by atoms with E-state index in [0.29, 0.717) is 41.3 Å². The molecular formula is C19H19N3O3. The number of carbonyl (C=O) groups excluding carboxylic acids is 1. The van der Waals surface area contributed by atoms with Crippen LogP contribution in [0.2, 0.25) is 0 Å². The summed E-state index contributed by atoms with van der Waals surface area (Å²) in [5, 5.41) is 7.76. The van der Waals surface area contributed by atoms with Crippen LogP contribution in [0.5, 0.6) is 0 Å². The van der Waals surface area contributed by atoms with Crippen molar-refractivity contribution in [1.29, 1.82) is 0 Å². The predicted octanol–water partition coefficient (Wildman–Crippen LogP) is 3.11. The summed E-state index contributed by atoms with van der Waals surface area (Å²) >= 11 is 0. The zero-order valence-electron chi connectivity index (χ0n) is 14.0. The van der Waals surface area contributed by atoms with Gasteiger partial charge in [-0.1, -0.05) is 35.5 Å². The number of ether oxygens (including phenoxy) is 1. The van der Waals surface area contributed by atoms with Gasteiger partial charge < -0.3 is 14.6 Å². The van der Waals surface area contributed by atoms with Crippen LogP contribution in [-0.2, 0) is 4.74 Å². The predicted molar refractivity (Wildman–Crippen MR) is 93.3 cm³/mol. The van der Waals surface area contributed by atoms with Crippen molar-refractivity contribution in [3.05, 3.63) is 47.7 Å². The number of aromatic nitrogens is 2. The Labute approximate surface area is 145 Å². The lowest BCUT2D eigenvalue weighted by molar-refractivity contribution is 0.0697. The number of hydrogen-bond acceptors (Lipinski definition) is 5. The summed E-state index contributed by atoms with van der Waals surface area (Å²) in [4.78, 5) is 17.4. The SMILES string of the molecule is Cc1noc2nc(-c3ccccc3)cc(C(=O)NC3CCOCC3)c12. The molecule has 0 saturated carbocycles. The summed E-state index contributed by atoms with van der Waals surface area (Å²) < 4.78 is 10.7. The standard InChI is InChI=1S/C19H19N3O3/c1-12-17-15(18(23)20-14-7-9-24-10-8-14)11-16(21-19(17)25-22-12)13-5-3-2-4-6-13/h2-6,11,14H,7-10H2,1H3,(H,20,23). The maximum absolute atomic E-state index is 12.9. The van der Waals surface area contributed by atoms with E-state index in [1.54, 1.807) is 0 Å². The van der Waals surface area contributed by atoms with Crippen molar-refractivity contribution in [3.63, 3.8) is 0 Å². The maximum Gasteiger partial charge on any atom is 0.259 e. The Morgan fingerprint density at radius 1 is 1.20 bits per heavy atom. The molecule has 6 heteroatoms. The number of nitrogens with zero attached hydrogens (tertiary/aromatic N) is 2. The van der Waals surface area contributed by atoms with Gasteiger partial charge in [0.25, 0.3) is 11.6 Å². The molecule has 25 heavy (non-hydrogen) atoms. The van der Waals surface area contributed by atoms with Crippen LogP contribution >= 0.6 is 0 Å². The molecule has 1 fully saturated rings. The minimum atomic E-state index is -0.122. The van der Waals surface area contributed by atoms with E-state index in [1.165, 1.54) is 0 Å². The van der Waals surface area contributed by atoms with Crippen LogP contribution in [0.15, 0.2) is 40.9 Å². The molecule has 0 atom stereocenters. The first-order chi connectivity index (χ1) is 12.2. The molecule has 0 bridgehead atoms. The fraction of sp³-hybridized carbons (Fsp3) is 0.316. The van der Waals surface area contributed by atoms with Crippen LogP contribution in [0.25, 0.3) is 22.4 Å². The average molecular weight is 337 g/mol. The molecule has 0 unspecified atom stereocenters. The number of hydrogen-bond donors (Lipinski definition) is 1. The van der Waals surface area contributed by atoms with Crippen LogP contribution in [0.3, 0.4) is 0 Å². The van der Waals surface area contributed by atoms with Crippen LogP contribution in [-0.4, -0.2) is 35.3 Å². The third-order valence-corrected chi connectivity index (χ3v) is 4.49. The second kappa shape index (κ2) is 6.64. The Morgan fingerprint density at radius 2 is 1.96 bits per heavy atom. The molecule has 1 aromatic carbocycles. The molecule has 1 aliphatic rings. The lowest BCUT2D eigenvalue weighted by Gasteiger charge is -2.23. The molecule has 1 saturated heterocycles. The van der Waals surface area contributed by atoms with Gasteiger partial charge >= 0.3 is 0 Å². The molecule has 2 aromatic heterocycles. The first kappa shape index (κ1) is 15.8. The van der Waals surface area contributed by atoms with E-state index in [0.717, 1.165) is 18.4 Å². The summed E-state index contributed by atoms with van der Waals surface area (Å²) in [6, 6.07) is 11.7. The Morgan fingerprint density at radius 3 is 2.72 bits per heavy atom. The van der Waals surface area contributed by atoms with Crippen molar-refractivity contribution < 1.29 is 14.1 Å². The van der Waals surface area contributed by atoms with E-state index in [1.807, 2.05) is 43.3 Å². The molecule has 3 heterocycles. The first-order valence-electron chi connectivity index (χ1n) is 8.43. The molecule has 3 aromatic rings. The number of nitrogens with one attached hydrogen (secondary N) is 1. The van der Waals surface area contributed by atoms with Gasteiger partial charge in [0.05, 0.1) is 22.3 Å². The lowest BCUT2D eigenvalue weighted by Crippen LogP contribution is -2.39. The fourth-order valence-electron chi connectivity index (χ4n) is 3.14. The molecule has 0 spiro atoms. The third-order valence-electron chi connectivity index (χ3n) is 4.49. The number of rotatable bonds is 3. The van der Waals surface area contributed by atoms with Crippen LogP contribution in [0.1, 0.15) is 28.9 Å². The fourth-order valence-corrected chi connectivity index (χ4v) is 3.14. The molecular weight excluding hydrogens is 318 g/mol. The van der Waals surface area contributed by atoms with Gasteiger partial charge in [-0.05, 0) is 25.8 Å². The number of benzene rings is 1. The van der Waals surface area contributed by atoms with Gasteiger partial charge in [0.2, 0.25) is 0 Å². The summed E-state index contributed by atoms with van der Waals surface area (Å²) in [7, 11) is 0. The normalized spacial score (nSPS) is 15.4. The number of fused-ring (bicyclic) bond motifs is 1. The van der Waals surface area contributed by atoms with Crippen LogP contribution < -0.4 is 5.32 Å². The van der Waals surface area contributed by atoms with Gasteiger partial charge in [-0.3, -0.25) is 4.79 Å². The van der Waals surface area contributed by atoms with Gasteiger partial charge in [-0.25, -0.2) is 4.98 Å². The minimum absolute atomic E-state index is 0.122. The summed E-state index contributed by atoms with van der Waals surface area (Å²) in [6.45, 7) is 3.18. The smallest absolute Gasteiger partial charge is 0.259 e. The summed E-state index contributed by atoms with van der Waals surface area (Å²) in [5.41, 5.74) is 3.23. The Kier molecular flexibility index (Phi) is 4.19. The highest BCUT2D eigenvalue weighted by molar-refractivity contribution is 6.07. The van der Waals surface area contributed by atoms with E-state index in [2.05, 4.69) is 15.5 Å². The van der Waals surface area contributed by atoms with Gasteiger partial charge in [0.1, 0.15) is 0 Å². The third kappa shape index (κ3) is 3.13. The van der Waals surface area contributed by atoms with Crippen molar-refractivity contribution in [2.24, 2.45) is 0 Å². The quantitative estimate of drug-likeness (QED) is 0.794. The summed E-state index contributed by atoms with van der Waals surface area (Å²) in [5.74, 6) is -0.122. The van der Waals surface area contributed by atoms with Gasteiger partial charge in [-0.2, -0.15) is 0 Å².